The highest BCUT2D eigenvalue weighted by atomic mass is 35.5. The molecule has 25 heavy (non-hydrogen) atoms. The number of carbonyl (C=O) groups is 1. The van der Waals surface area contributed by atoms with Crippen LogP contribution in [0.1, 0.15) is 16.1 Å². The summed E-state index contributed by atoms with van der Waals surface area (Å²) in [4.78, 5) is 16.3. The van der Waals surface area contributed by atoms with E-state index in [0.29, 0.717) is 28.1 Å². The van der Waals surface area contributed by atoms with Crippen LogP contribution < -0.4 is 10.6 Å². The molecule has 0 unspecified atom stereocenters. The first-order valence-electron chi connectivity index (χ1n) is 7.35. The van der Waals surface area contributed by atoms with Crippen LogP contribution in [0.3, 0.4) is 0 Å². The Labute approximate surface area is 154 Å². The number of carbonyl (C=O) groups excluding carboxylic acids is 1. The van der Waals surface area contributed by atoms with E-state index >= 15 is 0 Å². The van der Waals surface area contributed by atoms with Gasteiger partial charge in [0.15, 0.2) is 5.69 Å². The average molecular weight is 374 g/mol. The van der Waals surface area contributed by atoms with Gasteiger partial charge in [-0.3, -0.25) is 9.78 Å². The number of nitrogens with zero attached hydrogens (tertiary/aromatic N) is 3. The van der Waals surface area contributed by atoms with E-state index in [4.69, 9.17) is 23.2 Å². The zero-order chi connectivity index (χ0) is 17.6. The molecule has 0 aliphatic rings. The smallest absolute Gasteiger partial charge is 0.276 e. The molecule has 2 heterocycles. The van der Waals surface area contributed by atoms with Crippen molar-refractivity contribution in [3.05, 3.63) is 76.2 Å². The molecule has 0 aliphatic carbocycles. The standard InChI is InChI=1S/C17H13Cl2N5O/c18-12-4-1-5-13(19)16(12)22-17(25)14-6-7-15(24-23-14)21-10-11-3-2-8-20-9-11/h1-9H,10H2,(H,21,24)(H,22,25). The number of hydrogen-bond acceptors (Lipinski definition) is 5. The highest BCUT2D eigenvalue weighted by Crippen LogP contribution is 2.30. The predicted octanol–water partition coefficient (Wildman–Crippen LogP) is 4.04. The summed E-state index contributed by atoms with van der Waals surface area (Å²) in [7, 11) is 0. The van der Waals surface area contributed by atoms with Crippen LogP contribution in [0.4, 0.5) is 11.5 Å². The zero-order valence-corrected chi connectivity index (χ0v) is 14.4. The first-order chi connectivity index (χ1) is 12.1. The maximum Gasteiger partial charge on any atom is 0.276 e. The van der Waals surface area contributed by atoms with Crippen molar-refractivity contribution in [2.45, 2.75) is 6.54 Å². The van der Waals surface area contributed by atoms with Gasteiger partial charge in [0.2, 0.25) is 0 Å². The number of amides is 1. The Morgan fingerprint density at radius 1 is 1.00 bits per heavy atom. The molecule has 0 saturated heterocycles. The maximum absolute atomic E-state index is 12.2. The van der Waals surface area contributed by atoms with Gasteiger partial charge in [-0.1, -0.05) is 35.3 Å². The van der Waals surface area contributed by atoms with Crippen molar-refractivity contribution in [3.8, 4) is 0 Å². The van der Waals surface area contributed by atoms with E-state index in [0.717, 1.165) is 5.56 Å². The van der Waals surface area contributed by atoms with Crippen LogP contribution in [0.2, 0.25) is 10.0 Å². The van der Waals surface area contributed by atoms with Crippen molar-refractivity contribution in [2.75, 3.05) is 10.6 Å². The Hall–Kier alpha value is -2.70. The lowest BCUT2D eigenvalue weighted by molar-refractivity contribution is 0.102. The van der Waals surface area contributed by atoms with Gasteiger partial charge in [-0.15, -0.1) is 10.2 Å². The minimum Gasteiger partial charge on any atom is -0.364 e. The van der Waals surface area contributed by atoms with Gasteiger partial charge in [-0.25, -0.2) is 0 Å². The summed E-state index contributed by atoms with van der Waals surface area (Å²) < 4.78 is 0. The fraction of sp³-hybridized carbons (Fsp3) is 0.0588. The van der Waals surface area contributed by atoms with E-state index in [1.165, 1.54) is 0 Å². The van der Waals surface area contributed by atoms with Crippen LogP contribution in [-0.2, 0) is 6.54 Å². The van der Waals surface area contributed by atoms with E-state index in [1.807, 2.05) is 12.1 Å². The van der Waals surface area contributed by atoms with Crippen LogP contribution in [0.25, 0.3) is 0 Å². The summed E-state index contributed by atoms with van der Waals surface area (Å²) in [6.07, 6.45) is 3.47. The molecule has 0 saturated carbocycles. The summed E-state index contributed by atoms with van der Waals surface area (Å²) in [5.41, 5.74) is 1.51. The van der Waals surface area contributed by atoms with Crippen molar-refractivity contribution >= 4 is 40.6 Å². The Morgan fingerprint density at radius 2 is 1.80 bits per heavy atom. The molecular formula is C17H13Cl2N5O. The Kier molecular flexibility index (Phi) is 5.42. The van der Waals surface area contributed by atoms with E-state index in [-0.39, 0.29) is 5.69 Å². The van der Waals surface area contributed by atoms with Gasteiger partial charge < -0.3 is 10.6 Å². The fourth-order valence-corrected chi connectivity index (χ4v) is 2.53. The van der Waals surface area contributed by atoms with Crippen molar-refractivity contribution in [1.82, 2.24) is 15.2 Å². The van der Waals surface area contributed by atoms with Crippen LogP contribution in [0, 0.1) is 0 Å². The van der Waals surface area contributed by atoms with Crippen molar-refractivity contribution in [3.63, 3.8) is 0 Å². The highest BCUT2D eigenvalue weighted by molar-refractivity contribution is 6.39. The molecule has 0 aliphatic heterocycles. The lowest BCUT2D eigenvalue weighted by Crippen LogP contribution is -2.15. The molecule has 3 rings (SSSR count). The van der Waals surface area contributed by atoms with Crippen LogP contribution >= 0.6 is 23.2 Å². The van der Waals surface area contributed by atoms with Crippen LogP contribution in [0.5, 0.6) is 0 Å². The third-order valence-corrected chi connectivity index (χ3v) is 3.92. The first-order valence-corrected chi connectivity index (χ1v) is 8.11. The van der Waals surface area contributed by atoms with Gasteiger partial charge in [0.1, 0.15) is 5.82 Å². The van der Waals surface area contributed by atoms with E-state index in [1.54, 1.807) is 42.7 Å². The molecule has 2 N–H and O–H groups in total. The quantitative estimate of drug-likeness (QED) is 0.705. The average Bonchev–Trinajstić information content (AvgIpc) is 2.64. The third kappa shape index (κ3) is 4.43. The number of nitrogens with one attached hydrogen (secondary N) is 2. The minimum absolute atomic E-state index is 0.155. The lowest BCUT2D eigenvalue weighted by atomic mass is 10.3. The summed E-state index contributed by atoms with van der Waals surface area (Å²) in [6.45, 7) is 0.559. The molecular weight excluding hydrogens is 361 g/mol. The molecule has 0 bridgehead atoms. The number of hydrogen-bond donors (Lipinski definition) is 2. The molecule has 0 spiro atoms. The second kappa shape index (κ2) is 7.92. The Bertz CT molecular complexity index is 852. The maximum atomic E-state index is 12.2. The topological polar surface area (TPSA) is 79.8 Å². The molecule has 1 aromatic carbocycles. The number of anilines is 2. The molecule has 0 radical (unpaired) electrons. The monoisotopic (exact) mass is 373 g/mol. The first kappa shape index (κ1) is 17.1. The SMILES string of the molecule is O=C(Nc1c(Cl)cccc1Cl)c1ccc(NCc2cccnc2)nn1. The molecule has 3 aromatic rings. The van der Waals surface area contributed by atoms with Gasteiger partial charge in [0.05, 0.1) is 15.7 Å². The Balaban J connectivity index is 1.64. The summed E-state index contributed by atoms with van der Waals surface area (Å²) in [5, 5.41) is 14.4. The van der Waals surface area contributed by atoms with Gasteiger partial charge >= 0.3 is 0 Å². The van der Waals surface area contributed by atoms with Gasteiger partial charge in [0, 0.05) is 18.9 Å². The minimum atomic E-state index is -0.443. The van der Waals surface area contributed by atoms with Gasteiger partial charge in [-0.05, 0) is 35.9 Å². The lowest BCUT2D eigenvalue weighted by Gasteiger charge is -2.09. The number of halogens is 2. The molecule has 0 fully saturated rings. The predicted molar refractivity (Wildman–Crippen MR) is 98.0 cm³/mol. The molecule has 126 valence electrons. The van der Waals surface area contributed by atoms with Crippen LogP contribution in [0.15, 0.2) is 54.9 Å². The second-order valence-corrected chi connectivity index (χ2v) is 5.88. The molecule has 0 atom stereocenters. The Morgan fingerprint density at radius 3 is 2.44 bits per heavy atom. The molecule has 6 nitrogen and oxygen atoms in total. The molecule has 1 amide bonds. The van der Waals surface area contributed by atoms with Gasteiger partial charge in [0.25, 0.3) is 5.91 Å². The van der Waals surface area contributed by atoms with E-state index in [9.17, 15) is 4.79 Å². The second-order valence-electron chi connectivity index (χ2n) is 5.07. The molecule has 8 heteroatoms. The summed E-state index contributed by atoms with van der Waals surface area (Å²) in [6, 6.07) is 12.0. The highest BCUT2D eigenvalue weighted by Gasteiger charge is 2.13. The fourth-order valence-electron chi connectivity index (χ4n) is 2.04. The number of pyridine rings is 1. The molecule has 2 aromatic heterocycles. The largest absolute Gasteiger partial charge is 0.364 e. The number of benzene rings is 1. The number of aromatic nitrogens is 3. The number of para-hydroxylation sites is 1. The van der Waals surface area contributed by atoms with Crippen molar-refractivity contribution < 1.29 is 4.79 Å². The van der Waals surface area contributed by atoms with Crippen LogP contribution in [-0.4, -0.2) is 21.1 Å². The van der Waals surface area contributed by atoms with E-state index in [2.05, 4.69) is 25.8 Å². The summed E-state index contributed by atoms with van der Waals surface area (Å²) >= 11 is 12.1. The van der Waals surface area contributed by atoms with E-state index < -0.39 is 5.91 Å². The number of rotatable bonds is 5. The normalized spacial score (nSPS) is 10.3. The van der Waals surface area contributed by atoms with Crippen molar-refractivity contribution in [1.29, 1.82) is 0 Å². The van der Waals surface area contributed by atoms with Crippen molar-refractivity contribution in [2.24, 2.45) is 0 Å². The van der Waals surface area contributed by atoms with Gasteiger partial charge in [-0.2, -0.15) is 0 Å². The zero-order valence-electron chi connectivity index (χ0n) is 12.9. The summed E-state index contributed by atoms with van der Waals surface area (Å²) in [5.74, 6) is 0.109. The third-order valence-electron chi connectivity index (χ3n) is 3.29.